The monoisotopic (exact) mass is 786 g/mol. The van der Waals surface area contributed by atoms with E-state index in [2.05, 4.69) is 9.80 Å². The Morgan fingerprint density at radius 3 is 1.44 bits per heavy atom. The number of rotatable bonds is 9. The summed E-state index contributed by atoms with van der Waals surface area (Å²) in [7, 11) is -7.99. The van der Waals surface area contributed by atoms with Crippen molar-refractivity contribution in [1.82, 2.24) is 4.90 Å². The van der Waals surface area contributed by atoms with Gasteiger partial charge in [-0.25, -0.2) is 16.8 Å². The normalized spacial score (nSPS) is 15.6. The van der Waals surface area contributed by atoms with Crippen LogP contribution in [0.1, 0.15) is 11.1 Å². The summed E-state index contributed by atoms with van der Waals surface area (Å²) in [5, 5.41) is 0. The van der Waals surface area contributed by atoms with E-state index in [4.69, 9.17) is 4.74 Å². The van der Waals surface area contributed by atoms with Crippen molar-refractivity contribution >= 4 is 54.6 Å². The molecule has 1 fully saturated rings. The molecule has 0 bridgehead atoms. The number of fused-ring (bicyclic) bond motifs is 2. The largest absolute Gasteiger partial charge is 0.418 e. The first-order valence-electron chi connectivity index (χ1n) is 15.7. The first-order chi connectivity index (χ1) is 24.2. The van der Waals surface area contributed by atoms with Crippen LogP contribution in [0.5, 0.6) is 0 Å². The van der Waals surface area contributed by atoms with Crippen molar-refractivity contribution in [2.24, 2.45) is 0 Å². The van der Waals surface area contributed by atoms with E-state index in [1.165, 1.54) is 23.9 Å². The second-order valence-electron chi connectivity index (χ2n) is 12.3. The topological polar surface area (TPSA) is 108 Å². The molecule has 1 saturated heterocycles. The fourth-order valence-corrected chi connectivity index (χ4v) is 8.38. The van der Waals surface area contributed by atoms with Crippen LogP contribution in [0.15, 0.2) is 82.6 Å². The van der Waals surface area contributed by atoms with Gasteiger partial charge in [0.05, 0.1) is 59.6 Å². The summed E-state index contributed by atoms with van der Waals surface area (Å²) in [4.78, 5) is 5.66. The molecule has 278 valence electrons. The minimum absolute atomic E-state index is 0.191. The minimum atomic E-state index is -4.86. The van der Waals surface area contributed by atoms with Gasteiger partial charge >= 0.3 is 12.4 Å². The van der Waals surface area contributed by atoms with E-state index in [1.807, 2.05) is 9.44 Å². The van der Waals surface area contributed by atoms with Gasteiger partial charge in [0.15, 0.2) is 0 Å². The lowest BCUT2D eigenvalue weighted by Gasteiger charge is -2.36. The Balaban J connectivity index is 1.41. The highest BCUT2D eigenvalue weighted by atomic mass is 32.2. The number of hydrogen-bond acceptors (Lipinski definition) is 8. The van der Waals surface area contributed by atoms with Crippen LogP contribution in [-0.4, -0.2) is 73.6 Å². The molecular weight excluding hydrogens is 755 g/mol. The van der Waals surface area contributed by atoms with Crippen LogP contribution in [0, 0.1) is 0 Å². The lowest BCUT2D eigenvalue weighted by atomic mass is 10.00. The van der Waals surface area contributed by atoms with Crippen LogP contribution in [0.2, 0.25) is 0 Å². The van der Waals surface area contributed by atoms with E-state index in [-0.39, 0.29) is 11.1 Å². The zero-order valence-corrected chi connectivity index (χ0v) is 30.0. The number of anilines is 4. The summed E-state index contributed by atoms with van der Waals surface area (Å²) < 4.78 is 141. The van der Waals surface area contributed by atoms with Gasteiger partial charge in [-0.2, -0.15) is 26.3 Å². The van der Waals surface area contributed by atoms with Gasteiger partial charge < -0.3 is 9.64 Å². The number of halogens is 6. The summed E-state index contributed by atoms with van der Waals surface area (Å²) in [6.07, 6.45) is -8.20. The van der Waals surface area contributed by atoms with Crippen molar-refractivity contribution in [3.63, 3.8) is 0 Å². The molecular formula is C34H32F6N4O5S3. The zero-order chi connectivity index (χ0) is 37.6. The SMILES string of the molecule is CS(=O)(=O)Nc1ccc(-c2ccc3c(c2)Sc2cc(-c4ccc(NS(C)(=O)=O)c(C(F)(F)F)c4)ccc2N3CCN2CCOCC2)cc1C(F)(F)F. The average molecular weight is 787 g/mol. The van der Waals surface area contributed by atoms with Gasteiger partial charge in [0.1, 0.15) is 0 Å². The highest BCUT2D eigenvalue weighted by Crippen LogP contribution is 2.51. The second-order valence-corrected chi connectivity index (χ2v) is 16.9. The fraction of sp³-hybridized carbons (Fsp3) is 0.294. The third-order valence-corrected chi connectivity index (χ3v) is 10.6. The van der Waals surface area contributed by atoms with E-state index >= 15 is 0 Å². The molecule has 0 spiro atoms. The summed E-state index contributed by atoms with van der Waals surface area (Å²) in [6.45, 7) is 3.83. The fourth-order valence-electron chi connectivity index (χ4n) is 6.05. The highest BCUT2D eigenvalue weighted by Gasteiger charge is 2.36. The number of alkyl halides is 6. The maximum atomic E-state index is 14.1. The maximum absolute atomic E-state index is 14.1. The van der Waals surface area contributed by atoms with Gasteiger partial charge in [0.2, 0.25) is 20.0 Å². The van der Waals surface area contributed by atoms with Gasteiger partial charge in [-0.05, 0) is 70.8 Å². The van der Waals surface area contributed by atoms with Crippen molar-refractivity contribution in [2.75, 3.05) is 66.2 Å². The second kappa shape index (κ2) is 14.1. The van der Waals surface area contributed by atoms with Crippen LogP contribution in [0.4, 0.5) is 49.1 Å². The lowest BCUT2D eigenvalue weighted by molar-refractivity contribution is -0.137. The quantitative estimate of drug-likeness (QED) is 0.166. The molecule has 9 nitrogen and oxygen atoms in total. The summed E-state index contributed by atoms with van der Waals surface area (Å²) in [6, 6.07) is 17.1. The molecule has 0 radical (unpaired) electrons. The molecule has 6 rings (SSSR count). The number of nitrogens with one attached hydrogen (secondary N) is 2. The van der Waals surface area contributed by atoms with Gasteiger partial charge in [0.25, 0.3) is 0 Å². The molecule has 52 heavy (non-hydrogen) atoms. The molecule has 2 aliphatic heterocycles. The molecule has 2 aliphatic rings. The number of nitrogens with zero attached hydrogens (tertiary/aromatic N) is 2. The van der Waals surface area contributed by atoms with Crippen molar-refractivity contribution < 1.29 is 47.9 Å². The van der Waals surface area contributed by atoms with E-state index in [0.717, 1.165) is 61.2 Å². The average Bonchev–Trinajstić information content (AvgIpc) is 3.04. The third kappa shape index (κ3) is 8.79. The molecule has 0 aliphatic carbocycles. The first-order valence-corrected chi connectivity index (χ1v) is 20.3. The number of sulfonamides is 2. The highest BCUT2D eigenvalue weighted by molar-refractivity contribution is 7.99. The summed E-state index contributed by atoms with van der Waals surface area (Å²) in [5.74, 6) is 0. The number of ether oxygens (including phenoxy) is 1. The first kappa shape index (κ1) is 37.8. The third-order valence-electron chi connectivity index (χ3n) is 8.37. The van der Waals surface area contributed by atoms with Gasteiger partial charge in [0, 0.05) is 36.0 Å². The Morgan fingerprint density at radius 1 is 0.635 bits per heavy atom. The van der Waals surface area contributed by atoms with Gasteiger partial charge in [-0.15, -0.1) is 0 Å². The molecule has 0 aromatic heterocycles. The maximum Gasteiger partial charge on any atom is 0.418 e. The molecule has 0 unspecified atom stereocenters. The van der Waals surface area contributed by atoms with E-state index in [9.17, 15) is 43.2 Å². The van der Waals surface area contributed by atoms with Gasteiger partial charge in [-0.3, -0.25) is 14.3 Å². The van der Waals surface area contributed by atoms with Gasteiger partial charge in [-0.1, -0.05) is 36.0 Å². The molecule has 2 heterocycles. The molecule has 0 atom stereocenters. The lowest BCUT2D eigenvalue weighted by Crippen LogP contribution is -2.41. The van der Waals surface area contributed by atoms with Crippen LogP contribution in [0.3, 0.4) is 0 Å². The zero-order valence-electron chi connectivity index (χ0n) is 27.6. The molecule has 4 aromatic carbocycles. The molecule has 18 heteroatoms. The minimum Gasteiger partial charge on any atom is -0.379 e. The standard InChI is InChI=1S/C34H32F6N4O5S3/c1-51(45,46)41-27-7-3-21(17-25(27)33(35,36)37)23-5-9-29-31(19-23)50-32-20-24(6-10-30(32)44(29)12-11-43-13-15-49-16-14-43)22-4-8-28(42-52(2,47)48)26(18-22)34(38,39)40/h3-10,17-20,41-42H,11-16H2,1-2H3. The Bertz CT molecular complexity index is 2080. The van der Waals surface area contributed by atoms with Crippen molar-refractivity contribution in [2.45, 2.75) is 22.1 Å². The Morgan fingerprint density at radius 2 is 1.04 bits per heavy atom. The van der Waals surface area contributed by atoms with Crippen LogP contribution < -0.4 is 14.3 Å². The Kier molecular flexibility index (Phi) is 10.3. The smallest absolute Gasteiger partial charge is 0.379 e. The summed E-state index contributed by atoms with van der Waals surface area (Å²) >= 11 is 1.30. The Hall–Kier alpha value is -3.97. The number of hydrogen-bond donors (Lipinski definition) is 2. The number of morpholine rings is 1. The van der Waals surface area contributed by atoms with E-state index in [1.54, 1.807) is 36.4 Å². The van der Waals surface area contributed by atoms with Crippen LogP contribution in [-0.2, 0) is 37.1 Å². The molecule has 0 amide bonds. The molecule has 4 aromatic rings. The van der Waals surface area contributed by atoms with Crippen LogP contribution in [0.25, 0.3) is 22.3 Å². The summed E-state index contributed by atoms with van der Waals surface area (Å²) in [5.41, 5.74) is -0.704. The van der Waals surface area contributed by atoms with Crippen molar-refractivity contribution in [3.8, 4) is 22.3 Å². The predicted molar refractivity (Wildman–Crippen MR) is 189 cm³/mol. The van der Waals surface area contributed by atoms with E-state index in [0.29, 0.717) is 47.2 Å². The van der Waals surface area contributed by atoms with Crippen LogP contribution >= 0.6 is 11.8 Å². The predicted octanol–water partition coefficient (Wildman–Crippen LogP) is 7.74. The number of benzene rings is 4. The van der Waals surface area contributed by atoms with Crippen molar-refractivity contribution in [3.05, 3.63) is 83.9 Å². The molecule has 2 N–H and O–H groups in total. The van der Waals surface area contributed by atoms with E-state index < -0.39 is 54.9 Å². The Labute approximate surface area is 301 Å². The van der Waals surface area contributed by atoms with Crippen molar-refractivity contribution in [1.29, 1.82) is 0 Å². The molecule has 0 saturated carbocycles.